The van der Waals surface area contributed by atoms with E-state index in [0.717, 1.165) is 23.3 Å². The van der Waals surface area contributed by atoms with Gasteiger partial charge in [-0.15, -0.1) is 0 Å². The molecule has 1 aromatic carbocycles. The highest BCUT2D eigenvalue weighted by molar-refractivity contribution is 5.78. The van der Waals surface area contributed by atoms with E-state index in [0.29, 0.717) is 13.0 Å². The number of nitrogens with one attached hydrogen (secondary N) is 1. The van der Waals surface area contributed by atoms with Gasteiger partial charge in [0.25, 0.3) is 0 Å². The van der Waals surface area contributed by atoms with Crippen molar-refractivity contribution in [1.29, 1.82) is 0 Å². The maximum atomic E-state index is 11.8. The van der Waals surface area contributed by atoms with Crippen LogP contribution in [0.15, 0.2) is 24.3 Å². The fourth-order valence-corrected chi connectivity index (χ4v) is 2.49. The second-order valence-electron chi connectivity index (χ2n) is 5.46. The second-order valence-corrected chi connectivity index (χ2v) is 5.46. The average Bonchev–Trinajstić information content (AvgIpc) is 2.77. The van der Waals surface area contributed by atoms with E-state index in [1.807, 2.05) is 42.7 Å². The summed E-state index contributed by atoms with van der Waals surface area (Å²) in [5.74, 6) is 0.808. The molecule has 2 rings (SSSR count). The average molecular weight is 289 g/mol. The molecule has 0 fully saturated rings. The van der Waals surface area contributed by atoms with E-state index in [4.69, 9.17) is 0 Å². The summed E-state index contributed by atoms with van der Waals surface area (Å²) in [6, 6.07) is 7.63. The maximum Gasteiger partial charge on any atom is 0.220 e. The minimum atomic E-state index is -0.472. The molecule has 21 heavy (non-hydrogen) atoms. The van der Waals surface area contributed by atoms with Crippen molar-refractivity contribution in [3.63, 3.8) is 0 Å². The van der Waals surface area contributed by atoms with E-state index >= 15 is 0 Å². The smallest absolute Gasteiger partial charge is 0.220 e. The highest BCUT2D eigenvalue weighted by atomic mass is 16.3. The fraction of sp³-hybridized carbons (Fsp3) is 0.500. The van der Waals surface area contributed by atoms with Crippen LogP contribution >= 0.6 is 0 Å². The molecule has 1 heterocycles. The number of aliphatic hydroxyl groups is 1. The summed E-state index contributed by atoms with van der Waals surface area (Å²) < 4.78 is 1.98. The van der Waals surface area contributed by atoms with Gasteiger partial charge < -0.3 is 15.0 Å². The number of amides is 1. The van der Waals surface area contributed by atoms with Crippen LogP contribution in [0.1, 0.15) is 45.5 Å². The zero-order valence-electron chi connectivity index (χ0n) is 12.8. The summed E-state index contributed by atoms with van der Waals surface area (Å²) in [4.78, 5) is 16.4. The Labute approximate surface area is 125 Å². The zero-order chi connectivity index (χ0) is 15.4. The van der Waals surface area contributed by atoms with Crippen molar-refractivity contribution < 1.29 is 9.90 Å². The number of imidazole rings is 1. The van der Waals surface area contributed by atoms with Crippen LogP contribution in [0.5, 0.6) is 0 Å². The molecule has 2 aromatic rings. The van der Waals surface area contributed by atoms with Gasteiger partial charge in [-0.3, -0.25) is 4.79 Å². The number of rotatable bonds is 6. The van der Waals surface area contributed by atoms with E-state index in [-0.39, 0.29) is 11.9 Å². The van der Waals surface area contributed by atoms with Gasteiger partial charge in [0, 0.05) is 6.42 Å². The molecule has 0 saturated carbocycles. The van der Waals surface area contributed by atoms with Crippen molar-refractivity contribution in [3.05, 3.63) is 30.1 Å². The van der Waals surface area contributed by atoms with Crippen LogP contribution in [0.25, 0.3) is 11.0 Å². The Morgan fingerprint density at radius 2 is 2.10 bits per heavy atom. The molecule has 5 nitrogen and oxygen atoms in total. The summed E-state index contributed by atoms with van der Waals surface area (Å²) in [6.45, 7) is 6.11. The van der Waals surface area contributed by atoms with Crippen LogP contribution in [0.3, 0.4) is 0 Å². The first-order valence-electron chi connectivity index (χ1n) is 7.45. The number of benzene rings is 1. The van der Waals surface area contributed by atoms with E-state index in [1.165, 1.54) is 0 Å². The van der Waals surface area contributed by atoms with Gasteiger partial charge in [-0.2, -0.15) is 0 Å². The molecule has 2 N–H and O–H groups in total. The molecule has 0 saturated heterocycles. The van der Waals surface area contributed by atoms with Crippen molar-refractivity contribution in [2.75, 3.05) is 0 Å². The Morgan fingerprint density at radius 1 is 1.38 bits per heavy atom. The molecule has 114 valence electrons. The van der Waals surface area contributed by atoms with Gasteiger partial charge in [-0.25, -0.2) is 4.98 Å². The molecule has 0 bridgehead atoms. The summed E-state index contributed by atoms with van der Waals surface area (Å²) >= 11 is 0. The molecule has 1 amide bonds. The van der Waals surface area contributed by atoms with Gasteiger partial charge in [0.05, 0.1) is 29.7 Å². The Kier molecular flexibility index (Phi) is 4.96. The fourth-order valence-electron chi connectivity index (χ4n) is 2.49. The number of hydrogen-bond acceptors (Lipinski definition) is 3. The van der Waals surface area contributed by atoms with Gasteiger partial charge in [0.2, 0.25) is 5.91 Å². The van der Waals surface area contributed by atoms with Gasteiger partial charge in [0.15, 0.2) is 0 Å². The summed E-state index contributed by atoms with van der Waals surface area (Å²) in [7, 11) is 0. The quantitative estimate of drug-likeness (QED) is 0.858. The first-order valence-corrected chi connectivity index (χ1v) is 7.45. The first-order chi connectivity index (χ1) is 10.0. The number of carbonyl (C=O) groups excluding carboxylic acids is 1. The number of carbonyl (C=O) groups is 1. The molecule has 0 spiro atoms. The van der Waals surface area contributed by atoms with Gasteiger partial charge in [0.1, 0.15) is 5.82 Å². The minimum absolute atomic E-state index is 0.0284. The number of para-hydroxylation sites is 2. The van der Waals surface area contributed by atoms with Crippen molar-refractivity contribution >= 4 is 16.9 Å². The molecular weight excluding hydrogens is 266 g/mol. The van der Waals surface area contributed by atoms with Crippen LogP contribution in [-0.4, -0.2) is 26.7 Å². The zero-order valence-corrected chi connectivity index (χ0v) is 12.8. The number of nitrogens with zero attached hydrogens (tertiary/aromatic N) is 2. The molecule has 5 heteroatoms. The molecule has 0 aliphatic carbocycles. The van der Waals surface area contributed by atoms with Crippen molar-refractivity contribution in [1.82, 2.24) is 14.9 Å². The second kappa shape index (κ2) is 6.72. The van der Waals surface area contributed by atoms with Crippen LogP contribution in [0.2, 0.25) is 0 Å². The number of aliphatic hydroxyl groups excluding tert-OH is 1. The van der Waals surface area contributed by atoms with E-state index in [9.17, 15) is 9.90 Å². The topological polar surface area (TPSA) is 67.2 Å². The lowest BCUT2D eigenvalue weighted by Crippen LogP contribution is -2.29. The Balaban J connectivity index is 2.35. The van der Waals surface area contributed by atoms with Crippen LogP contribution < -0.4 is 5.32 Å². The van der Waals surface area contributed by atoms with Gasteiger partial charge in [-0.1, -0.05) is 19.1 Å². The Hall–Kier alpha value is -1.88. The monoisotopic (exact) mass is 289 g/mol. The lowest BCUT2D eigenvalue weighted by molar-refractivity contribution is -0.121. The van der Waals surface area contributed by atoms with Crippen LogP contribution in [-0.2, 0) is 11.3 Å². The number of hydrogen-bond donors (Lipinski definition) is 2. The normalized spacial score (nSPS) is 14.1. The molecule has 0 aliphatic heterocycles. The summed E-state index contributed by atoms with van der Waals surface area (Å²) in [5, 5.41) is 12.7. The molecule has 2 unspecified atom stereocenters. The van der Waals surface area contributed by atoms with E-state index in [2.05, 4.69) is 10.3 Å². The molecular formula is C16H23N3O2. The minimum Gasteiger partial charge on any atom is -0.392 e. The van der Waals surface area contributed by atoms with Gasteiger partial charge >= 0.3 is 0 Å². The van der Waals surface area contributed by atoms with Crippen LogP contribution in [0, 0.1) is 0 Å². The van der Waals surface area contributed by atoms with E-state index in [1.54, 1.807) is 6.92 Å². The maximum absolute atomic E-state index is 11.8. The van der Waals surface area contributed by atoms with Gasteiger partial charge in [-0.05, 0) is 32.4 Å². The molecule has 1 aromatic heterocycles. The largest absolute Gasteiger partial charge is 0.392 e. The lowest BCUT2D eigenvalue weighted by Gasteiger charge is -2.17. The summed E-state index contributed by atoms with van der Waals surface area (Å²) in [5.41, 5.74) is 1.86. The number of aromatic nitrogens is 2. The predicted octanol–water partition coefficient (Wildman–Crippen LogP) is 2.39. The Morgan fingerprint density at radius 3 is 2.76 bits per heavy atom. The first kappa shape index (κ1) is 15.5. The van der Waals surface area contributed by atoms with Crippen molar-refractivity contribution in [3.8, 4) is 0 Å². The highest BCUT2D eigenvalue weighted by Crippen LogP contribution is 2.21. The highest BCUT2D eigenvalue weighted by Gasteiger charge is 2.18. The standard InChI is InChI=1S/C16H23N3O2/c1-4-7-15(21)17-12(3)16-18-13-8-5-6-9-14(13)19(16)10-11(2)20/h5-6,8-9,11-12,20H,4,7,10H2,1-3H3,(H,17,21). The third-order valence-corrected chi connectivity index (χ3v) is 3.37. The Bertz CT molecular complexity index is 619. The lowest BCUT2D eigenvalue weighted by atomic mass is 10.2. The third kappa shape index (κ3) is 3.61. The molecule has 2 atom stereocenters. The molecule has 0 aliphatic rings. The van der Waals surface area contributed by atoms with Crippen LogP contribution in [0.4, 0.5) is 0 Å². The summed E-state index contributed by atoms with van der Waals surface area (Å²) in [6.07, 6.45) is 0.865. The third-order valence-electron chi connectivity index (χ3n) is 3.37. The van der Waals surface area contributed by atoms with Crippen molar-refractivity contribution in [2.45, 2.75) is 52.3 Å². The van der Waals surface area contributed by atoms with Crippen molar-refractivity contribution in [2.24, 2.45) is 0 Å². The van der Waals surface area contributed by atoms with E-state index < -0.39 is 6.10 Å². The number of fused-ring (bicyclic) bond motifs is 1. The predicted molar refractivity (Wildman–Crippen MR) is 82.9 cm³/mol. The molecule has 0 radical (unpaired) electrons. The SMILES string of the molecule is CCCC(=O)NC(C)c1nc2ccccc2n1CC(C)O.